The van der Waals surface area contributed by atoms with Crippen LogP contribution in [0.5, 0.6) is 11.5 Å². The third-order valence-electron chi connectivity index (χ3n) is 9.83. The summed E-state index contributed by atoms with van der Waals surface area (Å²) < 4.78 is 6.56. The summed E-state index contributed by atoms with van der Waals surface area (Å²) in [7, 11) is 0. The molecule has 1 aliphatic heterocycles. The normalized spacial score (nSPS) is 12.0. The molecule has 1 heteroatoms. The summed E-state index contributed by atoms with van der Waals surface area (Å²) in [5.41, 5.74) is 9.62. The van der Waals surface area contributed by atoms with Crippen LogP contribution in [0.4, 0.5) is 0 Å². The second-order valence-corrected chi connectivity index (χ2v) is 12.5. The summed E-state index contributed by atoms with van der Waals surface area (Å²) in [6.45, 7) is 0. The first-order valence-electron chi connectivity index (χ1n) is 16.2. The first-order valence-corrected chi connectivity index (χ1v) is 16.2. The fourth-order valence-electron chi connectivity index (χ4n) is 7.67. The molecular weight excluding hydrogens is 569 g/mol. The molecule has 0 fully saturated rings. The van der Waals surface area contributed by atoms with Crippen molar-refractivity contribution in [2.75, 3.05) is 0 Å². The first kappa shape index (κ1) is 26.1. The van der Waals surface area contributed by atoms with Crippen LogP contribution in [0.2, 0.25) is 0 Å². The van der Waals surface area contributed by atoms with E-state index < -0.39 is 0 Å². The minimum absolute atomic E-state index is 0.898. The van der Waals surface area contributed by atoms with Gasteiger partial charge < -0.3 is 4.74 Å². The van der Waals surface area contributed by atoms with Gasteiger partial charge in [-0.1, -0.05) is 140 Å². The standard InChI is InChI=1S/C46H28O/c1-2-10-29(11-3-1)31-21-24-43-42(27-31)39-19-9-18-38-36(23-25-44(47-43)46(38)39)32-14-8-15-34(26-32)45-37-17-7-5-13-33(37)28-41-35-16-6-4-12-30(35)20-22-40(41)45/h1-28H. The van der Waals surface area contributed by atoms with Crippen molar-refractivity contribution >= 4 is 43.1 Å². The van der Waals surface area contributed by atoms with Gasteiger partial charge in [0.1, 0.15) is 11.5 Å². The lowest BCUT2D eigenvalue weighted by molar-refractivity contribution is 0.487. The van der Waals surface area contributed by atoms with Crippen molar-refractivity contribution in [3.8, 4) is 56.0 Å². The van der Waals surface area contributed by atoms with Gasteiger partial charge in [-0.3, -0.25) is 0 Å². The number of fused-ring (bicyclic) bond motifs is 6. The Morgan fingerprint density at radius 1 is 0.298 bits per heavy atom. The van der Waals surface area contributed by atoms with Crippen LogP contribution >= 0.6 is 0 Å². The van der Waals surface area contributed by atoms with Gasteiger partial charge in [-0.25, -0.2) is 0 Å². The van der Waals surface area contributed by atoms with Crippen LogP contribution < -0.4 is 4.74 Å². The monoisotopic (exact) mass is 596 g/mol. The molecule has 0 saturated carbocycles. The first-order chi connectivity index (χ1) is 23.3. The van der Waals surface area contributed by atoms with Crippen LogP contribution in [-0.4, -0.2) is 0 Å². The number of hydrogen-bond acceptors (Lipinski definition) is 1. The van der Waals surface area contributed by atoms with E-state index in [-0.39, 0.29) is 0 Å². The Kier molecular flexibility index (Phi) is 5.64. The van der Waals surface area contributed by atoms with E-state index in [9.17, 15) is 0 Å². The van der Waals surface area contributed by atoms with Crippen molar-refractivity contribution in [2.24, 2.45) is 0 Å². The van der Waals surface area contributed by atoms with Gasteiger partial charge in [-0.2, -0.15) is 0 Å². The van der Waals surface area contributed by atoms with Crippen LogP contribution in [0.15, 0.2) is 170 Å². The summed E-state index contributed by atoms with van der Waals surface area (Å²) in [6, 6.07) is 61.5. The zero-order valence-corrected chi connectivity index (χ0v) is 25.6. The molecule has 0 atom stereocenters. The largest absolute Gasteiger partial charge is 0.456 e. The second-order valence-electron chi connectivity index (χ2n) is 12.5. The zero-order chi connectivity index (χ0) is 30.9. The Morgan fingerprint density at radius 2 is 1.02 bits per heavy atom. The van der Waals surface area contributed by atoms with E-state index in [0.717, 1.165) is 22.4 Å². The molecule has 0 unspecified atom stereocenters. The fraction of sp³-hybridized carbons (Fsp3) is 0. The Morgan fingerprint density at radius 3 is 1.94 bits per heavy atom. The molecule has 47 heavy (non-hydrogen) atoms. The van der Waals surface area contributed by atoms with E-state index in [1.54, 1.807) is 0 Å². The molecule has 218 valence electrons. The minimum atomic E-state index is 0.898. The van der Waals surface area contributed by atoms with Crippen molar-refractivity contribution < 1.29 is 4.74 Å². The van der Waals surface area contributed by atoms with Crippen molar-refractivity contribution in [1.82, 2.24) is 0 Å². The lowest BCUT2D eigenvalue weighted by Crippen LogP contribution is -1.98. The van der Waals surface area contributed by atoms with Gasteiger partial charge in [-0.05, 0) is 107 Å². The fourth-order valence-corrected chi connectivity index (χ4v) is 7.67. The highest BCUT2D eigenvalue weighted by Gasteiger charge is 2.22. The third-order valence-corrected chi connectivity index (χ3v) is 9.83. The van der Waals surface area contributed by atoms with E-state index in [0.29, 0.717) is 0 Å². The molecule has 0 saturated heterocycles. The van der Waals surface area contributed by atoms with Gasteiger partial charge in [0, 0.05) is 10.9 Å². The highest BCUT2D eigenvalue weighted by molar-refractivity contribution is 6.20. The maximum atomic E-state index is 6.56. The zero-order valence-electron chi connectivity index (χ0n) is 25.6. The summed E-state index contributed by atoms with van der Waals surface area (Å²) in [5, 5.41) is 9.99. The molecule has 0 radical (unpaired) electrons. The Balaban J connectivity index is 1.18. The summed E-state index contributed by atoms with van der Waals surface area (Å²) >= 11 is 0. The van der Waals surface area contributed by atoms with Crippen molar-refractivity contribution in [3.05, 3.63) is 170 Å². The van der Waals surface area contributed by atoms with Crippen LogP contribution in [-0.2, 0) is 0 Å². The van der Waals surface area contributed by atoms with Gasteiger partial charge >= 0.3 is 0 Å². The molecule has 0 amide bonds. The van der Waals surface area contributed by atoms with Gasteiger partial charge in [0.25, 0.3) is 0 Å². The van der Waals surface area contributed by atoms with E-state index >= 15 is 0 Å². The second kappa shape index (κ2) is 10.2. The molecule has 10 rings (SSSR count). The lowest BCUT2D eigenvalue weighted by Gasteiger charge is -2.23. The number of ether oxygens (including phenoxy) is 1. The molecule has 0 aromatic heterocycles. The molecule has 0 bridgehead atoms. The quantitative estimate of drug-likeness (QED) is 0.146. The van der Waals surface area contributed by atoms with Gasteiger partial charge in [0.15, 0.2) is 0 Å². The third kappa shape index (κ3) is 4.03. The lowest BCUT2D eigenvalue weighted by atomic mass is 9.87. The number of benzene rings is 9. The molecule has 1 heterocycles. The Labute approximate surface area is 272 Å². The minimum Gasteiger partial charge on any atom is -0.456 e. The molecular formula is C46H28O. The van der Waals surface area contributed by atoms with Crippen molar-refractivity contribution in [2.45, 2.75) is 0 Å². The van der Waals surface area contributed by atoms with Crippen LogP contribution in [0, 0.1) is 0 Å². The summed E-state index contributed by atoms with van der Waals surface area (Å²) in [4.78, 5) is 0. The molecule has 0 N–H and O–H groups in total. The topological polar surface area (TPSA) is 9.23 Å². The van der Waals surface area contributed by atoms with Crippen molar-refractivity contribution in [1.29, 1.82) is 0 Å². The van der Waals surface area contributed by atoms with Gasteiger partial charge in [0.05, 0.1) is 0 Å². The van der Waals surface area contributed by atoms with E-state index in [2.05, 4.69) is 170 Å². The predicted molar refractivity (Wildman–Crippen MR) is 198 cm³/mol. The van der Waals surface area contributed by atoms with Crippen LogP contribution in [0.25, 0.3) is 87.6 Å². The molecule has 1 nitrogen and oxygen atoms in total. The van der Waals surface area contributed by atoms with E-state index in [1.807, 2.05) is 0 Å². The maximum Gasteiger partial charge on any atom is 0.135 e. The Bertz CT molecular complexity index is 2700. The molecule has 9 aromatic carbocycles. The number of hydrogen-bond donors (Lipinski definition) is 0. The summed E-state index contributed by atoms with van der Waals surface area (Å²) in [6.07, 6.45) is 0. The highest BCUT2D eigenvalue weighted by Crippen LogP contribution is 2.50. The van der Waals surface area contributed by atoms with Gasteiger partial charge in [-0.15, -0.1) is 0 Å². The smallest absolute Gasteiger partial charge is 0.135 e. The molecule has 0 aliphatic carbocycles. The molecule has 9 aromatic rings. The number of rotatable bonds is 3. The molecule has 1 aliphatic rings. The highest BCUT2D eigenvalue weighted by atomic mass is 16.5. The molecule has 0 spiro atoms. The van der Waals surface area contributed by atoms with E-state index in [4.69, 9.17) is 4.74 Å². The van der Waals surface area contributed by atoms with Crippen LogP contribution in [0.1, 0.15) is 0 Å². The average Bonchev–Trinajstić information content (AvgIpc) is 3.14. The maximum absolute atomic E-state index is 6.56. The summed E-state index contributed by atoms with van der Waals surface area (Å²) in [5.74, 6) is 1.80. The van der Waals surface area contributed by atoms with Crippen molar-refractivity contribution in [3.63, 3.8) is 0 Å². The predicted octanol–water partition coefficient (Wildman–Crippen LogP) is 13.1. The average molecular weight is 597 g/mol. The Hall–Kier alpha value is -6.18. The SMILES string of the molecule is c1ccc(-c2ccc3c(c2)-c2cccc4c(-c5cccc(-c6c7ccccc7cc7c6ccc6ccccc67)c5)ccc(c24)O3)cc1. The van der Waals surface area contributed by atoms with E-state index in [1.165, 1.54) is 76.6 Å². The van der Waals surface area contributed by atoms with Gasteiger partial charge in [0.2, 0.25) is 0 Å². The van der Waals surface area contributed by atoms with Crippen LogP contribution in [0.3, 0.4) is 0 Å².